The molecule has 0 aliphatic carbocycles. The van der Waals surface area contributed by atoms with Crippen molar-refractivity contribution in [1.82, 2.24) is 15.5 Å². The van der Waals surface area contributed by atoms with Gasteiger partial charge in [-0.25, -0.2) is 0 Å². The minimum absolute atomic E-state index is 0. The van der Waals surface area contributed by atoms with E-state index >= 15 is 0 Å². The Morgan fingerprint density at radius 3 is 2.45 bits per heavy atom. The average molecular weight is 542 g/mol. The highest BCUT2D eigenvalue weighted by Crippen LogP contribution is 2.33. The number of ether oxygens (including phenoxy) is 2. The van der Waals surface area contributed by atoms with Crippen LogP contribution in [0.15, 0.2) is 33.9 Å². The van der Waals surface area contributed by atoms with Crippen LogP contribution in [-0.4, -0.2) is 57.7 Å². The van der Waals surface area contributed by atoms with Crippen molar-refractivity contribution < 1.29 is 18.7 Å². The van der Waals surface area contributed by atoms with Crippen molar-refractivity contribution in [1.29, 1.82) is 0 Å². The summed E-state index contributed by atoms with van der Waals surface area (Å²) in [4.78, 5) is 18.7. The van der Waals surface area contributed by atoms with Gasteiger partial charge in [0.1, 0.15) is 0 Å². The number of carbonyl (C=O) groups excluding carboxylic acids is 1. The molecule has 0 saturated carbocycles. The molecule has 3 rings (SSSR count). The first-order valence-corrected chi connectivity index (χ1v) is 10.1. The van der Waals surface area contributed by atoms with Crippen LogP contribution in [0, 0.1) is 6.92 Å². The van der Waals surface area contributed by atoms with E-state index in [9.17, 15) is 4.79 Å². The highest BCUT2D eigenvalue weighted by atomic mass is 127. The Balaban J connectivity index is 0.00000341. The van der Waals surface area contributed by atoms with Crippen LogP contribution in [0.2, 0.25) is 0 Å². The van der Waals surface area contributed by atoms with Gasteiger partial charge in [0.05, 0.1) is 20.5 Å². The normalized spacial score (nSPS) is 13.2. The Hall–Kier alpha value is -2.43. The fourth-order valence-corrected chi connectivity index (χ4v) is 3.57. The molecule has 1 aliphatic rings. The van der Waals surface area contributed by atoms with Crippen LogP contribution in [0.5, 0.6) is 11.5 Å². The highest BCUT2D eigenvalue weighted by molar-refractivity contribution is 14.0. The fourth-order valence-electron chi connectivity index (χ4n) is 3.57. The lowest BCUT2D eigenvalue weighted by Gasteiger charge is -2.32. The van der Waals surface area contributed by atoms with Crippen LogP contribution in [0.4, 0.5) is 0 Å². The van der Waals surface area contributed by atoms with Crippen molar-refractivity contribution >= 4 is 35.8 Å². The third-order valence-corrected chi connectivity index (χ3v) is 5.22. The minimum Gasteiger partial charge on any atom is -0.493 e. The molecule has 0 saturated heterocycles. The molecule has 2 heterocycles. The zero-order valence-corrected chi connectivity index (χ0v) is 20.8. The smallest absolute Gasteiger partial charge is 0.287 e. The molecule has 0 unspecified atom stereocenters. The van der Waals surface area contributed by atoms with Crippen LogP contribution in [0.25, 0.3) is 0 Å². The molecule has 1 aromatic carbocycles. The van der Waals surface area contributed by atoms with Crippen LogP contribution in [0.3, 0.4) is 0 Å². The molecule has 1 amide bonds. The number of rotatable bonds is 7. The van der Waals surface area contributed by atoms with Crippen molar-refractivity contribution in [2.45, 2.75) is 26.3 Å². The predicted octanol–water partition coefficient (Wildman–Crippen LogP) is 2.98. The summed E-state index contributed by atoms with van der Waals surface area (Å²) in [7, 11) is 5.09. The first kappa shape index (κ1) is 24.8. The number of amides is 1. The quantitative estimate of drug-likeness (QED) is 0.242. The molecule has 9 heteroatoms. The van der Waals surface area contributed by atoms with E-state index < -0.39 is 0 Å². The van der Waals surface area contributed by atoms with Gasteiger partial charge in [0.15, 0.2) is 23.2 Å². The van der Waals surface area contributed by atoms with Crippen LogP contribution < -0.4 is 20.1 Å². The maximum absolute atomic E-state index is 12.1. The largest absolute Gasteiger partial charge is 0.493 e. The van der Waals surface area contributed by atoms with Gasteiger partial charge in [-0.05, 0) is 49.1 Å². The zero-order valence-electron chi connectivity index (χ0n) is 18.5. The second-order valence-electron chi connectivity index (χ2n) is 7.16. The van der Waals surface area contributed by atoms with Gasteiger partial charge in [-0.3, -0.25) is 9.79 Å². The molecule has 8 nitrogen and oxygen atoms in total. The molecule has 170 valence electrons. The molecule has 2 aromatic rings. The van der Waals surface area contributed by atoms with Crippen molar-refractivity contribution in [2.24, 2.45) is 4.99 Å². The minimum atomic E-state index is -0.182. The van der Waals surface area contributed by atoms with Gasteiger partial charge in [0, 0.05) is 38.8 Å². The SMILES string of the molecule is CN=C(NCCCNC(=O)c1occc1C)N1CCc2cc(OC)c(OC)cc2C1.I. The molecule has 0 fully saturated rings. The highest BCUT2D eigenvalue weighted by Gasteiger charge is 2.21. The number of nitrogens with zero attached hydrogens (tertiary/aromatic N) is 2. The first-order chi connectivity index (χ1) is 14.6. The Morgan fingerprint density at radius 2 is 1.84 bits per heavy atom. The molecule has 0 bridgehead atoms. The summed E-state index contributed by atoms with van der Waals surface area (Å²) in [5.41, 5.74) is 3.32. The number of guanidine groups is 1. The summed E-state index contributed by atoms with van der Waals surface area (Å²) in [6.07, 6.45) is 3.22. The van der Waals surface area contributed by atoms with E-state index in [1.807, 2.05) is 13.0 Å². The Labute approximate surface area is 200 Å². The van der Waals surface area contributed by atoms with Crippen molar-refractivity contribution in [3.8, 4) is 11.5 Å². The number of aryl methyl sites for hydroxylation is 1. The van der Waals surface area contributed by atoms with Gasteiger partial charge in [0.25, 0.3) is 5.91 Å². The van der Waals surface area contributed by atoms with E-state index in [0.29, 0.717) is 18.8 Å². The van der Waals surface area contributed by atoms with Crippen molar-refractivity contribution in [3.05, 3.63) is 46.9 Å². The van der Waals surface area contributed by atoms with Gasteiger partial charge < -0.3 is 29.4 Å². The maximum Gasteiger partial charge on any atom is 0.287 e. The van der Waals surface area contributed by atoms with Gasteiger partial charge in [-0.1, -0.05) is 0 Å². The molecule has 0 spiro atoms. The zero-order chi connectivity index (χ0) is 21.5. The number of halogens is 1. The van der Waals surface area contributed by atoms with Gasteiger partial charge in [0.2, 0.25) is 0 Å². The van der Waals surface area contributed by atoms with E-state index in [2.05, 4.69) is 26.6 Å². The Morgan fingerprint density at radius 1 is 1.16 bits per heavy atom. The number of furan rings is 1. The van der Waals surface area contributed by atoms with E-state index in [1.165, 1.54) is 17.4 Å². The van der Waals surface area contributed by atoms with Crippen molar-refractivity contribution in [2.75, 3.05) is 40.9 Å². The molecule has 31 heavy (non-hydrogen) atoms. The lowest BCUT2D eigenvalue weighted by molar-refractivity contribution is 0.0925. The Kier molecular flexibility index (Phi) is 9.47. The lowest BCUT2D eigenvalue weighted by atomic mass is 9.99. The second kappa shape index (κ2) is 11.8. The summed E-state index contributed by atoms with van der Waals surface area (Å²) in [6.45, 7) is 4.75. The van der Waals surface area contributed by atoms with Crippen molar-refractivity contribution in [3.63, 3.8) is 0 Å². The summed E-state index contributed by atoms with van der Waals surface area (Å²) in [5, 5.41) is 6.27. The van der Waals surface area contributed by atoms with E-state index in [1.54, 1.807) is 27.3 Å². The summed E-state index contributed by atoms with van der Waals surface area (Å²) in [6, 6.07) is 5.88. The molecule has 2 N–H and O–H groups in total. The summed E-state index contributed by atoms with van der Waals surface area (Å²) < 4.78 is 16.1. The standard InChI is InChI=1S/C22H30N4O4.HI/c1-15-7-11-30-20(15)21(27)24-8-5-9-25-22(23-2)26-10-6-16-12-18(28-3)19(29-4)13-17(16)14-26;/h7,11-13H,5-6,8-10,14H2,1-4H3,(H,23,25)(H,24,27);1H. The predicted molar refractivity (Wildman–Crippen MR) is 131 cm³/mol. The number of hydrogen-bond donors (Lipinski definition) is 2. The molecular weight excluding hydrogens is 511 g/mol. The number of fused-ring (bicyclic) bond motifs is 1. The third-order valence-electron chi connectivity index (χ3n) is 5.22. The van der Waals surface area contributed by atoms with E-state index in [4.69, 9.17) is 13.9 Å². The molecule has 1 aromatic heterocycles. The monoisotopic (exact) mass is 542 g/mol. The maximum atomic E-state index is 12.1. The van der Waals surface area contributed by atoms with E-state index in [-0.39, 0.29) is 29.9 Å². The Bertz CT molecular complexity index is 913. The number of benzene rings is 1. The number of hydrogen-bond acceptors (Lipinski definition) is 5. The molecule has 0 atom stereocenters. The van der Waals surface area contributed by atoms with Crippen LogP contribution in [0.1, 0.15) is 33.7 Å². The molecule has 1 aliphatic heterocycles. The average Bonchev–Trinajstić information content (AvgIpc) is 3.20. The molecular formula is C22H31IN4O4. The van der Waals surface area contributed by atoms with Crippen LogP contribution >= 0.6 is 24.0 Å². The third kappa shape index (κ3) is 6.05. The van der Waals surface area contributed by atoms with Gasteiger partial charge in [-0.15, -0.1) is 24.0 Å². The lowest BCUT2D eigenvalue weighted by Crippen LogP contribution is -2.44. The number of nitrogens with one attached hydrogen (secondary N) is 2. The van der Waals surface area contributed by atoms with Crippen LogP contribution in [-0.2, 0) is 13.0 Å². The number of methoxy groups -OCH3 is 2. The van der Waals surface area contributed by atoms with E-state index in [0.717, 1.165) is 49.0 Å². The van der Waals surface area contributed by atoms with Gasteiger partial charge >= 0.3 is 0 Å². The molecule has 0 radical (unpaired) electrons. The first-order valence-electron chi connectivity index (χ1n) is 10.1. The summed E-state index contributed by atoms with van der Waals surface area (Å²) >= 11 is 0. The topological polar surface area (TPSA) is 88.3 Å². The number of aliphatic imine (C=N–C) groups is 1. The number of carbonyl (C=O) groups is 1. The second-order valence-corrected chi connectivity index (χ2v) is 7.16. The fraction of sp³-hybridized carbons (Fsp3) is 0.455. The summed E-state index contributed by atoms with van der Waals surface area (Å²) in [5.74, 6) is 2.54. The van der Waals surface area contributed by atoms with Gasteiger partial charge in [-0.2, -0.15) is 0 Å².